The Morgan fingerprint density at radius 3 is 2.63 bits per heavy atom. The van der Waals surface area contributed by atoms with E-state index in [1.165, 1.54) is 21.3 Å². The first-order chi connectivity index (χ1) is 14.3. The fourth-order valence-electron chi connectivity index (χ4n) is 3.57. The number of aryl methyl sites for hydroxylation is 1. The van der Waals surface area contributed by atoms with Gasteiger partial charge in [-0.1, -0.05) is 24.3 Å². The van der Waals surface area contributed by atoms with E-state index in [0.29, 0.717) is 30.0 Å². The number of para-hydroxylation sites is 1. The van der Waals surface area contributed by atoms with E-state index in [1.54, 1.807) is 19.2 Å². The molecule has 8 nitrogen and oxygen atoms in total. The highest BCUT2D eigenvalue weighted by molar-refractivity contribution is 7.92. The molecule has 3 aromatic rings. The third-order valence-corrected chi connectivity index (χ3v) is 7.23. The normalized spacial score (nSPS) is 13.4. The molecule has 30 heavy (non-hydrogen) atoms. The van der Waals surface area contributed by atoms with E-state index in [9.17, 15) is 13.2 Å². The van der Waals surface area contributed by atoms with Gasteiger partial charge in [0.2, 0.25) is 0 Å². The van der Waals surface area contributed by atoms with Crippen LogP contribution in [0.15, 0.2) is 53.4 Å². The lowest BCUT2D eigenvalue weighted by molar-refractivity contribution is 0.0780. The first-order valence-corrected chi connectivity index (χ1v) is 11.0. The predicted molar refractivity (Wildman–Crippen MR) is 113 cm³/mol. The molecular formula is C21H23N5O3S. The molecule has 0 saturated carbocycles. The Morgan fingerprint density at radius 1 is 1.13 bits per heavy atom. The number of amides is 1. The smallest absolute Gasteiger partial charge is 0.264 e. The maximum atomic E-state index is 13.3. The fourth-order valence-corrected chi connectivity index (χ4v) is 5.12. The zero-order valence-corrected chi connectivity index (χ0v) is 17.9. The van der Waals surface area contributed by atoms with E-state index in [0.717, 1.165) is 11.4 Å². The molecule has 9 heteroatoms. The average molecular weight is 426 g/mol. The van der Waals surface area contributed by atoms with Crippen LogP contribution in [0.4, 0.5) is 5.69 Å². The maximum absolute atomic E-state index is 13.3. The fraction of sp³-hybridized carbons (Fsp3) is 0.286. The Bertz CT molecular complexity index is 1220. The van der Waals surface area contributed by atoms with Gasteiger partial charge in [0.25, 0.3) is 15.9 Å². The van der Waals surface area contributed by atoms with Crippen molar-refractivity contribution in [1.82, 2.24) is 19.7 Å². The third-order valence-electron chi connectivity index (χ3n) is 5.42. The van der Waals surface area contributed by atoms with Gasteiger partial charge < -0.3 is 9.47 Å². The summed E-state index contributed by atoms with van der Waals surface area (Å²) in [4.78, 5) is 14.5. The lowest BCUT2D eigenvalue weighted by Crippen LogP contribution is -2.30. The average Bonchev–Trinajstić information content (AvgIpc) is 3.32. The first kappa shape index (κ1) is 20.1. The molecule has 0 spiro atoms. The second-order valence-electron chi connectivity index (χ2n) is 7.37. The summed E-state index contributed by atoms with van der Waals surface area (Å²) in [5, 5.41) is 8.08. The quantitative estimate of drug-likeness (QED) is 0.625. The van der Waals surface area contributed by atoms with Crippen LogP contribution in [0, 0.1) is 6.92 Å². The van der Waals surface area contributed by atoms with E-state index in [1.807, 2.05) is 42.8 Å². The summed E-state index contributed by atoms with van der Waals surface area (Å²) in [7, 11) is -0.266. The summed E-state index contributed by atoms with van der Waals surface area (Å²) >= 11 is 0. The van der Waals surface area contributed by atoms with E-state index >= 15 is 0 Å². The Morgan fingerprint density at radius 2 is 1.90 bits per heavy atom. The third kappa shape index (κ3) is 3.45. The number of sulfonamides is 1. The van der Waals surface area contributed by atoms with Gasteiger partial charge in [-0.2, -0.15) is 0 Å². The van der Waals surface area contributed by atoms with Crippen molar-refractivity contribution in [2.75, 3.05) is 17.9 Å². The number of benzene rings is 2. The van der Waals surface area contributed by atoms with Crippen molar-refractivity contribution in [2.24, 2.45) is 7.05 Å². The monoisotopic (exact) mass is 425 g/mol. The van der Waals surface area contributed by atoms with Gasteiger partial charge in [0.05, 0.1) is 17.1 Å². The number of rotatable bonds is 5. The minimum Gasteiger partial charge on any atom is -0.334 e. The summed E-state index contributed by atoms with van der Waals surface area (Å²) in [6.07, 6.45) is 0.674. The van der Waals surface area contributed by atoms with Gasteiger partial charge in [0.15, 0.2) is 5.82 Å². The van der Waals surface area contributed by atoms with Gasteiger partial charge in [0.1, 0.15) is 5.82 Å². The lowest BCUT2D eigenvalue weighted by Gasteiger charge is -2.21. The lowest BCUT2D eigenvalue weighted by atomic mass is 10.2. The van der Waals surface area contributed by atoms with Gasteiger partial charge in [-0.25, -0.2) is 8.42 Å². The molecule has 156 valence electrons. The molecule has 0 fully saturated rings. The standard InChI is InChI=1S/C21H23N5O3S/c1-15-22-23-20(25(15)3)14-24(2)21(27)17-8-6-9-18(13-17)30(28,29)26-12-11-16-7-4-5-10-19(16)26/h4-10,13H,11-12,14H2,1-3H3. The van der Waals surface area contributed by atoms with Crippen LogP contribution in [0.1, 0.15) is 27.6 Å². The second-order valence-corrected chi connectivity index (χ2v) is 9.23. The number of carbonyl (C=O) groups is 1. The molecule has 0 saturated heterocycles. The van der Waals surface area contributed by atoms with Gasteiger partial charge in [0, 0.05) is 26.2 Å². The number of fused-ring (bicyclic) bond motifs is 1. The van der Waals surface area contributed by atoms with E-state index in [2.05, 4.69) is 10.2 Å². The first-order valence-electron chi connectivity index (χ1n) is 9.60. The molecule has 2 aromatic carbocycles. The molecule has 1 aliphatic rings. The van der Waals surface area contributed by atoms with Crippen molar-refractivity contribution in [3.63, 3.8) is 0 Å². The summed E-state index contributed by atoms with van der Waals surface area (Å²) in [6, 6.07) is 13.7. The SMILES string of the molecule is Cc1nnc(CN(C)C(=O)c2cccc(S(=O)(=O)N3CCc4ccccc43)c2)n1C. The minimum absolute atomic E-state index is 0.105. The second kappa shape index (κ2) is 7.56. The van der Waals surface area contributed by atoms with E-state index < -0.39 is 10.0 Å². The maximum Gasteiger partial charge on any atom is 0.264 e. The molecular weight excluding hydrogens is 402 g/mol. The number of carbonyl (C=O) groups excluding carboxylic acids is 1. The largest absolute Gasteiger partial charge is 0.334 e. The number of hydrogen-bond acceptors (Lipinski definition) is 5. The molecule has 0 atom stereocenters. The highest BCUT2D eigenvalue weighted by atomic mass is 32.2. The van der Waals surface area contributed by atoms with Crippen LogP contribution < -0.4 is 4.31 Å². The van der Waals surface area contributed by atoms with Crippen molar-refractivity contribution in [3.05, 3.63) is 71.3 Å². The topological polar surface area (TPSA) is 88.4 Å². The molecule has 4 rings (SSSR count). The summed E-state index contributed by atoms with van der Waals surface area (Å²) in [5.41, 5.74) is 2.01. The highest BCUT2D eigenvalue weighted by Gasteiger charge is 2.31. The van der Waals surface area contributed by atoms with Gasteiger partial charge in [-0.3, -0.25) is 9.10 Å². The minimum atomic E-state index is -3.76. The Kier molecular flexibility index (Phi) is 5.07. The molecule has 1 aromatic heterocycles. The van der Waals surface area contributed by atoms with Gasteiger partial charge in [-0.15, -0.1) is 10.2 Å². The van der Waals surface area contributed by atoms with Crippen LogP contribution in [-0.2, 0) is 30.0 Å². The van der Waals surface area contributed by atoms with Crippen molar-refractivity contribution in [2.45, 2.75) is 24.8 Å². The van der Waals surface area contributed by atoms with Crippen LogP contribution in [-0.4, -0.2) is 47.6 Å². The molecule has 0 bridgehead atoms. The molecule has 1 amide bonds. The van der Waals surface area contributed by atoms with Gasteiger partial charge >= 0.3 is 0 Å². The van der Waals surface area contributed by atoms with Crippen molar-refractivity contribution in [1.29, 1.82) is 0 Å². The van der Waals surface area contributed by atoms with Crippen molar-refractivity contribution in [3.8, 4) is 0 Å². The summed E-state index contributed by atoms with van der Waals surface area (Å²) in [6.45, 7) is 2.50. The highest BCUT2D eigenvalue weighted by Crippen LogP contribution is 2.32. The van der Waals surface area contributed by atoms with Crippen molar-refractivity contribution < 1.29 is 13.2 Å². The van der Waals surface area contributed by atoms with E-state index in [-0.39, 0.29) is 17.3 Å². The van der Waals surface area contributed by atoms with Crippen LogP contribution in [0.25, 0.3) is 0 Å². The molecule has 0 N–H and O–H groups in total. The molecule has 0 radical (unpaired) electrons. The number of anilines is 1. The van der Waals surface area contributed by atoms with Crippen LogP contribution >= 0.6 is 0 Å². The Hall–Kier alpha value is -3.20. The Balaban J connectivity index is 1.59. The summed E-state index contributed by atoms with van der Waals surface area (Å²) in [5.74, 6) is 1.13. The zero-order chi connectivity index (χ0) is 21.5. The molecule has 2 heterocycles. The number of aromatic nitrogens is 3. The van der Waals surface area contributed by atoms with Crippen LogP contribution in [0.3, 0.4) is 0 Å². The van der Waals surface area contributed by atoms with Crippen LogP contribution in [0.2, 0.25) is 0 Å². The van der Waals surface area contributed by atoms with E-state index in [4.69, 9.17) is 0 Å². The molecule has 0 aliphatic carbocycles. The Labute approximate surface area is 175 Å². The number of nitrogens with zero attached hydrogens (tertiary/aromatic N) is 5. The van der Waals surface area contributed by atoms with Gasteiger partial charge in [-0.05, 0) is 43.2 Å². The predicted octanol–water partition coefficient (Wildman–Crippen LogP) is 2.15. The summed E-state index contributed by atoms with van der Waals surface area (Å²) < 4.78 is 29.7. The number of hydrogen-bond donors (Lipinski definition) is 0. The molecule has 0 unspecified atom stereocenters. The zero-order valence-electron chi connectivity index (χ0n) is 17.1. The van der Waals surface area contributed by atoms with Crippen LogP contribution in [0.5, 0.6) is 0 Å². The molecule has 1 aliphatic heterocycles. The van der Waals surface area contributed by atoms with Crippen molar-refractivity contribution >= 4 is 21.6 Å².